The summed E-state index contributed by atoms with van der Waals surface area (Å²) in [4.78, 5) is 3.58. The molecular formula is C10H9F2N3O. The summed E-state index contributed by atoms with van der Waals surface area (Å²) >= 11 is 0. The van der Waals surface area contributed by atoms with E-state index < -0.39 is 11.6 Å². The number of aromatic nitrogens is 2. The topological polar surface area (TPSA) is 51.0 Å². The lowest BCUT2D eigenvalue weighted by atomic mass is 10.3. The molecule has 0 aliphatic rings. The maximum Gasteiger partial charge on any atom is 0.168 e. The molecular weight excluding hydrogens is 216 g/mol. The second-order valence-electron chi connectivity index (χ2n) is 3.27. The van der Waals surface area contributed by atoms with Crippen LogP contribution in [0.5, 0.6) is 0 Å². The summed E-state index contributed by atoms with van der Waals surface area (Å²) in [6.45, 7) is 2.03. The van der Waals surface area contributed by atoms with Crippen LogP contribution in [0.2, 0.25) is 0 Å². The predicted octanol–water partition coefficient (Wildman–Crippen LogP) is 2.27. The van der Waals surface area contributed by atoms with Gasteiger partial charge in [-0.1, -0.05) is 5.16 Å². The standard InChI is InChI=1S/C10H9F2N3O/c1-6-2-8(16-15-6)5-14-10-9(12)3-7(11)4-13-10/h2-4H,5H2,1H3,(H,13,14). The Morgan fingerprint density at radius 1 is 1.38 bits per heavy atom. The minimum Gasteiger partial charge on any atom is -0.360 e. The molecule has 0 fully saturated rings. The van der Waals surface area contributed by atoms with Gasteiger partial charge >= 0.3 is 0 Å². The highest BCUT2D eigenvalue weighted by molar-refractivity contribution is 5.36. The summed E-state index contributed by atoms with van der Waals surface area (Å²) in [5.41, 5.74) is 0.740. The molecule has 0 spiro atoms. The van der Waals surface area contributed by atoms with Crippen molar-refractivity contribution in [1.82, 2.24) is 10.1 Å². The van der Waals surface area contributed by atoms with E-state index in [4.69, 9.17) is 4.52 Å². The Balaban J connectivity index is 2.04. The van der Waals surface area contributed by atoms with Crippen LogP contribution in [-0.4, -0.2) is 10.1 Å². The zero-order chi connectivity index (χ0) is 11.5. The lowest BCUT2D eigenvalue weighted by Crippen LogP contribution is -2.03. The Morgan fingerprint density at radius 2 is 2.19 bits per heavy atom. The van der Waals surface area contributed by atoms with Crippen molar-refractivity contribution in [2.75, 3.05) is 5.32 Å². The Kier molecular flexibility index (Phi) is 2.80. The normalized spacial score (nSPS) is 10.4. The average molecular weight is 225 g/mol. The summed E-state index contributed by atoms with van der Waals surface area (Å²) in [7, 11) is 0. The number of pyridine rings is 1. The van der Waals surface area contributed by atoms with E-state index in [0.717, 1.165) is 18.0 Å². The zero-order valence-electron chi connectivity index (χ0n) is 8.50. The van der Waals surface area contributed by atoms with Crippen LogP contribution in [0.4, 0.5) is 14.6 Å². The van der Waals surface area contributed by atoms with Crippen molar-refractivity contribution in [1.29, 1.82) is 0 Å². The lowest BCUT2D eigenvalue weighted by molar-refractivity contribution is 0.384. The highest BCUT2D eigenvalue weighted by atomic mass is 19.1. The molecule has 84 valence electrons. The molecule has 0 saturated heterocycles. The first-order valence-electron chi connectivity index (χ1n) is 4.62. The van der Waals surface area contributed by atoms with E-state index in [-0.39, 0.29) is 12.4 Å². The summed E-state index contributed by atoms with van der Waals surface area (Å²) in [5, 5.41) is 6.36. The van der Waals surface area contributed by atoms with Gasteiger partial charge in [-0.15, -0.1) is 0 Å². The van der Waals surface area contributed by atoms with Crippen LogP contribution in [0.25, 0.3) is 0 Å². The molecule has 0 saturated carbocycles. The van der Waals surface area contributed by atoms with Gasteiger partial charge in [0.1, 0.15) is 5.82 Å². The molecule has 2 aromatic rings. The van der Waals surface area contributed by atoms with Gasteiger partial charge in [-0.3, -0.25) is 0 Å². The Hall–Kier alpha value is -1.98. The van der Waals surface area contributed by atoms with Crippen LogP contribution in [0.15, 0.2) is 22.9 Å². The molecule has 4 nitrogen and oxygen atoms in total. The third-order valence-electron chi connectivity index (χ3n) is 1.91. The van der Waals surface area contributed by atoms with Crippen LogP contribution in [-0.2, 0) is 6.54 Å². The summed E-state index contributed by atoms with van der Waals surface area (Å²) < 4.78 is 30.6. The average Bonchev–Trinajstić information content (AvgIpc) is 2.63. The summed E-state index contributed by atoms with van der Waals surface area (Å²) in [6, 6.07) is 2.48. The molecule has 0 atom stereocenters. The fourth-order valence-electron chi connectivity index (χ4n) is 1.22. The molecule has 0 aliphatic heterocycles. The Labute approximate surface area is 90.3 Å². The number of hydrogen-bond donors (Lipinski definition) is 1. The lowest BCUT2D eigenvalue weighted by Gasteiger charge is -2.03. The molecule has 0 aromatic carbocycles. The quantitative estimate of drug-likeness (QED) is 0.870. The maximum atomic E-state index is 13.1. The minimum absolute atomic E-state index is 0.0181. The largest absolute Gasteiger partial charge is 0.360 e. The number of nitrogens with one attached hydrogen (secondary N) is 1. The van der Waals surface area contributed by atoms with Crippen LogP contribution in [0, 0.1) is 18.6 Å². The van der Waals surface area contributed by atoms with E-state index in [0.29, 0.717) is 5.76 Å². The molecule has 0 unspecified atom stereocenters. The van der Waals surface area contributed by atoms with E-state index in [1.807, 2.05) is 0 Å². The fourth-order valence-corrected chi connectivity index (χ4v) is 1.22. The number of rotatable bonds is 3. The van der Waals surface area contributed by atoms with E-state index in [9.17, 15) is 8.78 Å². The smallest absolute Gasteiger partial charge is 0.168 e. The number of hydrogen-bond acceptors (Lipinski definition) is 4. The predicted molar refractivity (Wildman–Crippen MR) is 52.7 cm³/mol. The molecule has 0 bridgehead atoms. The summed E-state index contributed by atoms with van der Waals surface area (Å²) in [6.07, 6.45) is 0.942. The van der Waals surface area contributed by atoms with Gasteiger partial charge in [0.2, 0.25) is 0 Å². The van der Waals surface area contributed by atoms with Gasteiger partial charge in [0.15, 0.2) is 17.4 Å². The Morgan fingerprint density at radius 3 is 2.81 bits per heavy atom. The highest BCUT2D eigenvalue weighted by Gasteiger charge is 2.06. The molecule has 0 aliphatic carbocycles. The van der Waals surface area contributed by atoms with Crippen molar-refractivity contribution in [3.8, 4) is 0 Å². The van der Waals surface area contributed by atoms with E-state index in [2.05, 4.69) is 15.5 Å². The highest BCUT2D eigenvalue weighted by Crippen LogP contribution is 2.12. The third kappa shape index (κ3) is 2.33. The fraction of sp³-hybridized carbons (Fsp3) is 0.200. The maximum absolute atomic E-state index is 13.1. The SMILES string of the molecule is Cc1cc(CNc2ncc(F)cc2F)on1. The number of anilines is 1. The number of halogens is 2. The monoisotopic (exact) mass is 225 g/mol. The van der Waals surface area contributed by atoms with Crippen LogP contribution >= 0.6 is 0 Å². The number of aryl methyl sites for hydroxylation is 1. The van der Waals surface area contributed by atoms with E-state index >= 15 is 0 Å². The molecule has 1 N–H and O–H groups in total. The molecule has 2 aromatic heterocycles. The van der Waals surface area contributed by atoms with Crippen LogP contribution < -0.4 is 5.32 Å². The first-order valence-corrected chi connectivity index (χ1v) is 4.62. The van der Waals surface area contributed by atoms with Gasteiger partial charge in [-0.2, -0.15) is 0 Å². The van der Waals surface area contributed by atoms with Crippen molar-refractivity contribution < 1.29 is 13.3 Å². The minimum atomic E-state index is -0.740. The second-order valence-corrected chi connectivity index (χ2v) is 3.27. The van der Waals surface area contributed by atoms with Crippen LogP contribution in [0.1, 0.15) is 11.5 Å². The molecule has 6 heteroatoms. The zero-order valence-corrected chi connectivity index (χ0v) is 8.50. The van der Waals surface area contributed by atoms with Crippen molar-refractivity contribution in [2.45, 2.75) is 13.5 Å². The van der Waals surface area contributed by atoms with E-state index in [1.54, 1.807) is 13.0 Å². The van der Waals surface area contributed by atoms with Crippen molar-refractivity contribution in [3.05, 3.63) is 41.4 Å². The second kappa shape index (κ2) is 4.26. The van der Waals surface area contributed by atoms with E-state index in [1.165, 1.54) is 0 Å². The molecule has 2 rings (SSSR count). The molecule has 0 amide bonds. The van der Waals surface area contributed by atoms with Gasteiger partial charge in [0, 0.05) is 12.1 Å². The van der Waals surface area contributed by atoms with Crippen LogP contribution in [0.3, 0.4) is 0 Å². The summed E-state index contributed by atoms with van der Waals surface area (Å²) in [5.74, 6) is -0.909. The third-order valence-corrected chi connectivity index (χ3v) is 1.91. The molecule has 0 radical (unpaired) electrons. The van der Waals surface area contributed by atoms with Gasteiger partial charge in [-0.25, -0.2) is 13.8 Å². The molecule has 2 heterocycles. The van der Waals surface area contributed by atoms with Gasteiger partial charge < -0.3 is 9.84 Å². The van der Waals surface area contributed by atoms with Gasteiger partial charge in [-0.05, 0) is 6.92 Å². The van der Waals surface area contributed by atoms with Crippen molar-refractivity contribution >= 4 is 5.82 Å². The first-order chi connectivity index (χ1) is 7.65. The molecule has 16 heavy (non-hydrogen) atoms. The van der Waals surface area contributed by atoms with Crippen molar-refractivity contribution in [2.24, 2.45) is 0 Å². The first kappa shape index (κ1) is 10.5. The number of nitrogens with zero attached hydrogens (tertiary/aromatic N) is 2. The van der Waals surface area contributed by atoms with Gasteiger partial charge in [0.05, 0.1) is 18.4 Å². The van der Waals surface area contributed by atoms with Crippen molar-refractivity contribution in [3.63, 3.8) is 0 Å². The van der Waals surface area contributed by atoms with Gasteiger partial charge in [0.25, 0.3) is 0 Å². The Bertz CT molecular complexity index is 499.